The maximum atomic E-state index is 10.7. The number of fused-ring (bicyclic) bond motifs is 2. The number of methoxy groups -OCH3 is 1. The molecule has 0 radical (unpaired) electrons. The van der Waals surface area contributed by atoms with Gasteiger partial charge in [0.2, 0.25) is 0 Å². The third-order valence-electron chi connectivity index (χ3n) is 7.47. The van der Waals surface area contributed by atoms with Gasteiger partial charge in [0.25, 0.3) is 0 Å². The molecule has 2 aliphatic heterocycles. The highest BCUT2D eigenvalue weighted by atomic mass is 16.5. The normalized spacial score (nSPS) is 18.6. The van der Waals surface area contributed by atoms with Crippen LogP contribution in [0.5, 0.6) is 11.5 Å². The number of carbonyl (C=O) groups is 1. The molecule has 2 aromatic carbocycles. The number of ether oxygens (including phenoxy) is 2. The number of aromatic nitrogens is 1. The van der Waals surface area contributed by atoms with Crippen LogP contribution in [0.3, 0.4) is 0 Å². The number of nitrogens with one attached hydrogen (secondary N) is 2. The molecule has 184 valence electrons. The maximum Gasteiger partial charge on any atom is 0.183 e. The van der Waals surface area contributed by atoms with Crippen molar-refractivity contribution in [2.45, 2.75) is 44.8 Å². The molecule has 6 rings (SSSR count). The Kier molecular flexibility index (Phi) is 6.19. The summed E-state index contributed by atoms with van der Waals surface area (Å²) in [6.07, 6.45) is 6.57. The van der Waals surface area contributed by atoms with Gasteiger partial charge in [-0.1, -0.05) is 12.1 Å². The second-order valence-electron chi connectivity index (χ2n) is 9.78. The smallest absolute Gasteiger partial charge is 0.183 e. The Labute approximate surface area is 206 Å². The minimum Gasteiger partial charge on any atom is -0.495 e. The Morgan fingerprint density at radius 2 is 1.94 bits per heavy atom. The predicted octanol–water partition coefficient (Wildman–Crippen LogP) is 4.87. The second kappa shape index (κ2) is 9.30. The molecule has 0 atom stereocenters. The lowest BCUT2D eigenvalue weighted by atomic mass is 9.86. The first kappa shape index (κ1) is 23.3. The number of aromatic amines is 1. The van der Waals surface area contributed by atoms with Gasteiger partial charge < -0.3 is 30.4 Å². The summed E-state index contributed by atoms with van der Waals surface area (Å²) in [6.45, 7) is 4.06. The van der Waals surface area contributed by atoms with E-state index in [0.717, 1.165) is 71.4 Å². The highest BCUT2D eigenvalue weighted by molar-refractivity contribution is 5.95. The van der Waals surface area contributed by atoms with Crippen LogP contribution in [0.1, 0.15) is 53.7 Å². The fourth-order valence-corrected chi connectivity index (χ4v) is 5.09. The van der Waals surface area contributed by atoms with E-state index in [4.69, 9.17) is 15.2 Å². The van der Waals surface area contributed by atoms with Gasteiger partial charge in [0.05, 0.1) is 18.3 Å². The zero-order valence-corrected chi connectivity index (χ0v) is 20.7. The molecule has 2 fully saturated rings. The molecule has 7 heteroatoms. The number of carbonyl (C=O) groups excluding carboxylic acids is 1. The lowest BCUT2D eigenvalue weighted by Gasteiger charge is -2.46. The summed E-state index contributed by atoms with van der Waals surface area (Å²) >= 11 is 0. The fraction of sp³-hybridized carbons (Fsp3) is 0.393. The maximum absolute atomic E-state index is 10.7. The van der Waals surface area contributed by atoms with Gasteiger partial charge in [0.15, 0.2) is 12.0 Å². The third-order valence-corrected chi connectivity index (χ3v) is 7.47. The van der Waals surface area contributed by atoms with Crippen LogP contribution >= 0.6 is 0 Å². The first-order valence-corrected chi connectivity index (χ1v) is 12.3. The van der Waals surface area contributed by atoms with E-state index in [1.807, 2.05) is 43.3 Å². The van der Waals surface area contributed by atoms with Gasteiger partial charge >= 0.3 is 0 Å². The van der Waals surface area contributed by atoms with Crippen molar-refractivity contribution in [3.63, 3.8) is 0 Å². The minimum absolute atomic E-state index is 0.229. The van der Waals surface area contributed by atoms with Crippen molar-refractivity contribution in [1.29, 1.82) is 0 Å². The van der Waals surface area contributed by atoms with Crippen molar-refractivity contribution >= 4 is 28.6 Å². The average molecular weight is 475 g/mol. The number of benzene rings is 2. The van der Waals surface area contributed by atoms with Crippen molar-refractivity contribution < 1.29 is 14.3 Å². The fourth-order valence-electron chi connectivity index (χ4n) is 5.09. The number of anilines is 1. The van der Waals surface area contributed by atoms with Crippen LogP contribution in [0, 0.1) is 6.92 Å². The highest BCUT2D eigenvalue weighted by Gasteiger charge is 2.41. The number of aldehydes is 1. The number of nitrogens with zero attached hydrogens (tertiary/aromatic N) is 1. The van der Waals surface area contributed by atoms with Gasteiger partial charge in [-0.2, -0.15) is 0 Å². The molecule has 3 aromatic rings. The van der Waals surface area contributed by atoms with E-state index >= 15 is 0 Å². The van der Waals surface area contributed by atoms with Crippen LogP contribution in [-0.2, 0) is 0 Å². The summed E-state index contributed by atoms with van der Waals surface area (Å²) in [7, 11) is 3.79. The van der Waals surface area contributed by atoms with E-state index in [1.54, 1.807) is 7.11 Å². The molecule has 35 heavy (non-hydrogen) atoms. The van der Waals surface area contributed by atoms with Crippen LogP contribution in [0.15, 0.2) is 42.0 Å². The molecule has 0 amide bonds. The number of para-hydroxylation sites is 1. The Balaban J connectivity index is 0.000000158. The van der Waals surface area contributed by atoms with Crippen molar-refractivity contribution in [3.8, 4) is 11.5 Å². The summed E-state index contributed by atoms with van der Waals surface area (Å²) in [5.41, 5.74) is 13.0. The van der Waals surface area contributed by atoms with Gasteiger partial charge in [0.1, 0.15) is 11.5 Å². The van der Waals surface area contributed by atoms with Gasteiger partial charge in [0, 0.05) is 48.3 Å². The van der Waals surface area contributed by atoms with Crippen LogP contribution < -0.4 is 20.5 Å². The van der Waals surface area contributed by atoms with Gasteiger partial charge in [-0.3, -0.25) is 4.79 Å². The van der Waals surface area contributed by atoms with Crippen molar-refractivity contribution in [2.75, 3.05) is 33.0 Å². The first-order chi connectivity index (χ1) is 16.9. The molecular weight excluding hydrogens is 440 g/mol. The Morgan fingerprint density at radius 1 is 1.17 bits per heavy atom. The molecule has 1 spiro atoms. The highest BCUT2D eigenvalue weighted by Crippen LogP contribution is 2.43. The lowest BCUT2D eigenvalue weighted by molar-refractivity contribution is -0.0135. The zero-order chi connectivity index (χ0) is 24.6. The number of hydrogen-bond donors (Lipinski definition) is 3. The number of allylic oxidation sites excluding steroid dienone is 1. The minimum atomic E-state index is -0.229. The van der Waals surface area contributed by atoms with Crippen LogP contribution in [-0.4, -0.2) is 49.1 Å². The number of likely N-dealkylation sites (tertiary alicyclic amines) is 1. The number of nitrogen functional groups attached to an aromatic ring is 1. The number of nitrogens with two attached hydrogens (primary N) is 1. The van der Waals surface area contributed by atoms with Crippen LogP contribution in [0.4, 0.5) is 5.69 Å². The van der Waals surface area contributed by atoms with Crippen LogP contribution in [0.25, 0.3) is 16.6 Å². The van der Waals surface area contributed by atoms with Crippen molar-refractivity contribution in [3.05, 3.63) is 58.8 Å². The van der Waals surface area contributed by atoms with E-state index in [1.165, 1.54) is 30.5 Å². The first-order valence-electron chi connectivity index (χ1n) is 12.3. The zero-order valence-electron chi connectivity index (χ0n) is 20.7. The van der Waals surface area contributed by atoms with E-state index in [-0.39, 0.29) is 5.72 Å². The second-order valence-corrected chi connectivity index (χ2v) is 9.78. The largest absolute Gasteiger partial charge is 0.495 e. The summed E-state index contributed by atoms with van der Waals surface area (Å²) < 4.78 is 11.6. The molecule has 7 nitrogen and oxygen atoms in total. The number of aryl methyl sites for hydroxylation is 1. The molecule has 0 bridgehead atoms. The van der Waals surface area contributed by atoms with Crippen molar-refractivity contribution in [1.82, 2.24) is 15.2 Å². The molecule has 1 saturated carbocycles. The summed E-state index contributed by atoms with van der Waals surface area (Å²) in [4.78, 5) is 16.1. The van der Waals surface area contributed by atoms with Gasteiger partial charge in [-0.15, -0.1) is 0 Å². The molecule has 3 aliphatic rings. The third kappa shape index (κ3) is 4.36. The standard InChI is InChI=1S/C17H23N3O.C11H11NO2/c1-20-9-7-17(8-10-20)19-16(12-3-2-4-12)14-11-13(18)5-6-15(14)21-17;1-7-8-4-3-5-10(14-2)11(8)12-9(7)6-13/h5-6,11,19H,2-4,7-10,18H2,1H3;3-6,12H,1-2H3. The lowest BCUT2D eigenvalue weighted by Crippen LogP contribution is -2.58. The molecule has 3 heterocycles. The monoisotopic (exact) mass is 474 g/mol. The quantitative estimate of drug-likeness (QED) is 0.363. The average Bonchev–Trinajstić information content (AvgIpc) is 3.17. The SMILES string of the molecule is CN1CCC2(CC1)NC(=C1CCC1)c1cc(N)ccc1O2.COc1cccc2c(C)c(C=O)[nH]c12. The number of H-pyrrole nitrogens is 1. The molecule has 1 aliphatic carbocycles. The van der Waals surface area contributed by atoms with E-state index < -0.39 is 0 Å². The van der Waals surface area contributed by atoms with Crippen LogP contribution in [0.2, 0.25) is 0 Å². The molecule has 1 aromatic heterocycles. The summed E-state index contributed by atoms with van der Waals surface area (Å²) in [5.74, 6) is 1.75. The Bertz CT molecular complexity index is 1280. The van der Waals surface area contributed by atoms with Crippen molar-refractivity contribution in [2.24, 2.45) is 0 Å². The predicted molar refractivity (Wildman–Crippen MR) is 140 cm³/mol. The van der Waals surface area contributed by atoms with E-state index in [2.05, 4.69) is 22.2 Å². The number of piperidine rings is 1. The van der Waals surface area contributed by atoms with Gasteiger partial charge in [-0.05, 0) is 68.6 Å². The Morgan fingerprint density at radius 3 is 2.60 bits per heavy atom. The topological polar surface area (TPSA) is 92.6 Å². The number of rotatable bonds is 2. The number of hydrogen-bond acceptors (Lipinski definition) is 6. The summed E-state index contributed by atoms with van der Waals surface area (Å²) in [5, 5.41) is 4.78. The molecule has 0 unspecified atom stereocenters. The van der Waals surface area contributed by atoms with E-state index in [0.29, 0.717) is 5.69 Å². The Hall–Kier alpha value is -3.45. The summed E-state index contributed by atoms with van der Waals surface area (Å²) in [6, 6.07) is 11.8. The van der Waals surface area contributed by atoms with Gasteiger partial charge in [-0.25, -0.2) is 0 Å². The van der Waals surface area contributed by atoms with E-state index in [9.17, 15) is 4.79 Å². The molecule has 1 saturated heterocycles. The molecule has 4 N–H and O–H groups in total. The molecular formula is C28H34N4O3.